The summed E-state index contributed by atoms with van der Waals surface area (Å²) in [5, 5.41) is 0. The molecule has 0 N–H and O–H groups in total. The van der Waals surface area contributed by atoms with Crippen molar-refractivity contribution in [2.24, 2.45) is 0 Å². The molecule has 92 valence electrons. The molecular weight excluding hydrogens is 220 g/mol. The number of rotatable bonds is 7. The second-order valence-electron chi connectivity index (χ2n) is 3.23. The molecule has 0 radical (unpaired) electrons. The van der Waals surface area contributed by atoms with Gasteiger partial charge in [-0.1, -0.05) is 30.3 Å². The maximum atomic E-state index is 10.7. The molecule has 0 aromatic heterocycles. The summed E-state index contributed by atoms with van der Waals surface area (Å²) in [6.45, 7) is 1.44. The van der Waals surface area contributed by atoms with Gasteiger partial charge in [0.05, 0.1) is 32.7 Å². The minimum absolute atomic E-state index is 0.403. The number of ether oxygens (including phenoxy) is 3. The van der Waals surface area contributed by atoms with Crippen LogP contribution in [0, 0.1) is 0 Å². The molecule has 1 aromatic rings. The summed E-state index contributed by atoms with van der Waals surface area (Å²) in [7, 11) is 1.32. The van der Waals surface area contributed by atoms with Crippen molar-refractivity contribution in [2.75, 3.05) is 20.3 Å². The van der Waals surface area contributed by atoms with Gasteiger partial charge in [-0.15, -0.1) is 0 Å². The first-order valence-electron chi connectivity index (χ1n) is 5.30. The highest BCUT2D eigenvalue weighted by Gasteiger charge is 1.92. The molecule has 0 aliphatic rings. The number of hydrogen-bond donors (Lipinski definition) is 0. The zero-order chi connectivity index (χ0) is 12.3. The van der Waals surface area contributed by atoms with E-state index in [9.17, 15) is 4.79 Å². The van der Waals surface area contributed by atoms with E-state index in [1.54, 1.807) is 0 Å². The van der Waals surface area contributed by atoms with E-state index in [-0.39, 0.29) is 0 Å². The molecular formula is C13H16O4. The Kier molecular flexibility index (Phi) is 6.51. The van der Waals surface area contributed by atoms with Crippen molar-refractivity contribution >= 4 is 5.97 Å². The van der Waals surface area contributed by atoms with Crippen molar-refractivity contribution in [1.82, 2.24) is 0 Å². The number of carbonyl (C=O) groups excluding carboxylic acids is 1. The molecule has 0 fully saturated rings. The molecule has 0 amide bonds. The molecule has 1 rings (SSSR count). The monoisotopic (exact) mass is 236 g/mol. The van der Waals surface area contributed by atoms with Crippen LogP contribution in [0.2, 0.25) is 0 Å². The van der Waals surface area contributed by atoms with Crippen LogP contribution in [0.4, 0.5) is 0 Å². The van der Waals surface area contributed by atoms with E-state index >= 15 is 0 Å². The normalized spacial score (nSPS) is 10.4. The maximum Gasteiger partial charge on any atom is 0.333 e. The molecule has 1 aromatic carbocycles. The van der Waals surface area contributed by atoms with Gasteiger partial charge in [0.1, 0.15) is 6.61 Å². The van der Waals surface area contributed by atoms with Crippen LogP contribution in [-0.2, 0) is 25.6 Å². The zero-order valence-corrected chi connectivity index (χ0v) is 9.80. The van der Waals surface area contributed by atoms with Crippen LogP contribution in [0.5, 0.6) is 0 Å². The Hall–Kier alpha value is -1.81. The molecule has 0 atom stereocenters. The molecule has 17 heavy (non-hydrogen) atoms. The minimum atomic E-state index is -0.435. The molecule has 0 saturated carbocycles. The standard InChI is InChI=1S/C13H16O4/c1-15-13(14)7-8-16-9-10-17-11-12-5-3-2-4-6-12/h2-8H,9-11H2,1H3/b8-7+. The Morgan fingerprint density at radius 3 is 2.71 bits per heavy atom. The van der Waals surface area contributed by atoms with Gasteiger partial charge >= 0.3 is 5.97 Å². The number of benzene rings is 1. The summed E-state index contributed by atoms with van der Waals surface area (Å²) in [6, 6.07) is 9.89. The van der Waals surface area contributed by atoms with Crippen molar-refractivity contribution < 1.29 is 19.0 Å². The van der Waals surface area contributed by atoms with E-state index in [1.807, 2.05) is 30.3 Å². The maximum absolute atomic E-state index is 10.7. The van der Waals surface area contributed by atoms with Gasteiger partial charge in [-0.3, -0.25) is 0 Å². The second kappa shape index (κ2) is 8.35. The van der Waals surface area contributed by atoms with E-state index in [1.165, 1.54) is 19.4 Å². The smallest absolute Gasteiger partial charge is 0.333 e. The van der Waals surface area contributed by atoms with E-state index in [2.05, 4.69) is 4.74 Å². The summed E-state index contributed by atoms with van der Waals surface area (Å²) in [5.74, 6) is -0.435. The lowest BCUT2D eigenvalue weighted by Gasteiger charge is -2.03. The van der Waals surface area contributed by atoms with E-state index in [0.29, 0.717) is 19.8 Å². The Bertz CT molecular complexity index is 346. The van der Waals surface area contributed by atoms with E-state index < -0.39 is 5.97 Å². The summed E-state index contributed by atoms with van der Waals surface area (Å²) in [4.78, 5) is 10.7. The Morgan fingerprint density at radius 2 is 2.00 bits per heavy atom. The van der Waals surface area contributed by atoms with Crippen molar-refractivity contribution in [1.29, 1.82) is 0 Å². The number of esters is 1. The summed E-state index contributed by atoms with van der Waals surface area (Å²) >= 11 is 0. The lowest BCUT2D eigenvalue weighted by molar-refractivity contribution is -0.135. The lowest BCUT2D eigenvalue weighted by Crippen LogP contribution is -2.02. The zero-order valence-electron chi connectivity index (χ0n) is 9.80. The van der Waals surface area contributed by atoms with Crippen LogP contribution in [0.15, 0.2) is 42.7 Å². The number of hydrogen-bond acceptors (Lipinski definition) is 4. The van der Waals surface area contributed by atoms with E-state index in [0.717, 1.165) is 5.56 Å². The first-order chi connectivity index (χ1) is 8.33. The highest BCUT2D eigenvalue weighted by Crippen LogP contribution is 1.99. The molecule has 0 saturated heterocycles. The van der Waals surface area contributed by atoms with Gasteiger partial charge in [0.15, 0.2) is 0 Å². The van der Waals surface area contributed by atoms with Crippen LogP contribution in [0.25, 0.3) is 0 Å². The quantitative estimate of drug-likeness (QED) is 0.314. The fourth-order valence-electron chi connectivity index (χ4n) is 1.11. The number of carbonyl (C=O) groups is 1. The molecule has 0 bridgehead atoms. The Balaban J connectivity index is 2.02. The van der Waals surface area contributed by atoms with Crippen LogP contribution in [-0.4, -0.2) is 26.3 Å². The molecule has 0 aliphatic heterocycles. The van der Waals surface area contributed by atoms with Crippen LogP contribution in [0.1, 0.15) is 5.56 Å². The first kappa shape index (κ1) is 13.3. The van der Waals surface area contributed by atoms with Crippen LogP contribution < -0.4 is 0 Å². The largest absolute Gasteiger partial charge is 0.499 e. The van der Waals surface area contributed by atoms with Gasteiger partial charge in [0.25, 0.3) is 0 Å². The third kappa shape index (κ3) is 6.37. The molecule has 0 aliphatic carbocycles. The number of methoxy groups -OCH3 is 1. The summed E-state index contributed by atoms with van der Waals surface area (Å²) < 4.78 is 14.8. The minimum Gasteiger partial charge on any atom is -0.499 e. The average molecular weight is 236 g/mol. The first-order valence-corrected chi connectivity index (χ1v) is 5.30. The fourth-order valence-corrected chi connectivity index (χ4v) is 1.11. The van der Waals surface area contributed by atoms with Crippen molar-refractivity contribution in [3.05, 3.63) is 48.2 Å². The van der Waals surface area contributed by atoms with Gasteiger partial charge in [-0.2, -0.15) is 0 Å². The summed E-state index contributed by atoms with van der Waals surface area (Å²) in [5.41, 5.74) is 1.12. The lowest BCUT2D eigenvalue weighted by atomic mass is 10.2. The molecule has 0 spiro atoms. The molecule has 4 heteroatoms. The van der Waals surface area contributed by atoms with Crippen molar-refractivity contribution in [3.8, 4) is 0 Å². The Labute approximate surface area is 101 Å². The van der Waals surface area contributed by atoms with Crippen LogP contribution in [0.3, 0.4) is 0 Å². The predicted molar refractivity (Wildman–Crippen MR) is 63.2 cm³/mol. The van der Waals surface area contributed by atoms with Gasteiger partial charge in [-0.05, 0) is 5.56 Å². The fraction of sp³-hybridized carbons (Fsp3) is 0.308. The third-order valence-electron chi connectivity index (χ3n) is 1.96. The highest BCUT2D eigenvalue weighted by molar-refractivity contribution is 5.81. The molecule has 0 unspecified atom stereocenters. The topological polar surface area (TPSA) is 44.8 Å². The third-order valence-corrected chi connectivity index (χ3v) is 1.96. The van der Waals surface area contributed by atoms with Gasteiger partial charge < -0.3 is 14.2 Å². The van der Waals surface area contributed by atoms with Crippen molar-refractivity contribution in [2.45, 2.75) is 6.61 Å². The van der Waals surface area contributed by atoms with Gasteiger partial charge in [0.2, 0.25) is 0 Å². The second-order valence-corrected chi connectivity index (χ2v) is 3.23. The molecule has 4 nitrogen and oxygen atoms in total. The van der Waals surface area contributed by atoms with Gasteiger partial charge in [0, 0.05) is 0 Å². The highest BCUT2D eigenvalue weighted by atomic mass is 16.5. The molecule has 0 heterocycles. The SMILES string of the molecule is COC(=O)/C=C/OCCOCc1ccccc1. The Morgan fingerprint density at radius 1 is 1.24 bits per heavy atom. The predicted octanol–water partition coefficient (Wildman–Crippen LogP) is 1.91. The van der Waals surface area contributed by atoms with E-state index in [4.69, 9.17) is 9.47 Å². The average Bonchev–Trinajstić information content (AvgIpc) is 2.38. The summed E-state index contributed by atoms with van der Waals surface area (Å²) in [6.07, 6.45) is 2.52. The van der Waals surface area contributed by atoms with Crippen LogP contribution >= 0.6 is 0 Å². The van der Waals surface area contributed by atoms with Gasteiger partial charge in [-0.25, -0.2) is 4.79 Å². The van der Waals surface area contributed by atoms with Crippen molar-refractivity contribution in [3.63, 3.8) is 0 Å².